The van der Waals surface area contributed by atoms with Gasteiger partial charge in [0.15, 0.2) is 5.65 Å². The minimum Gasteiger partial charge on any atom is -0.237 e. The molecule has 0 radical (unpaired) electrons. The zero-order valence-electron chi connectivity index (χ0n) is 8.95. The van der Waals surface area contributed by atoms with Crippen molar-refractivity contribution in [1.82, 2.24) is 9.97 Å². The number of nitrogens with zero attached hydrogens (tertiary/aromatic N) is 2. The third-order valence-corrected chi connectivity index (χ3v) is 2.48. The molecule has 2 aromatic heterocycles. The summed E-state index contributed by atoms with van der Waals surface area (Å²) in [6.07, 6.45) is 1.11. The molecule has 0 bridgehead atoms. The maximum Gasteiger partial charge on any atom is 0.253 e. The molecule has 0 aromatic carbocycles. The second-order valence-corrected chi connectivity index (χ2v) is 3.74. The lowest BCUT2D eigenvalue weighted by atomic mass is 10.1. The molecule has 0 amide bonds. The number of fused-ring (bicyclic) bond motifs is 1. The van der Waals surface area contributed by atoms with Crippen LogP contribution in [0.2, 0.25) is 0 Å². The van der Waals surface area contributed by atoms with E-state index in [0.717, 1.165) is 5.39 Å². The minimum atomic E-state index is -2.69. The van der Waals surface area contributed by atoms with Gasteiger partial charge >= 0.3 is 0 Å². The van der Waals surface area contributed by atoms with Crippen molar-refractivity contribution in [1.29, 1.82) is 0 Å². The highest BCUT2D eigenvalue weighted by atomic mass is 19.3. The Morgan fingerprint density at radius 1 is 1.25 bits per heavy atom. The van der Waals surface area contributed by atoms with Gasteiger partial charge in [-0.1, -0.05) is 6.92 Å². The molecule has 0 saturated heterocycles. The minimum absolute atomic E-state index is 0.172. The van der Waals surface area contributed by atoms with Crippen molar-refractivity contribution in [2.75, 3.05) is 0 Å². The number of hydrogen-bond acceptors (Lipinski definition) is 2. The summed E-state index contributed by atoms with van der Waals surface area (Å²) < 4.78 is 26.4. The molecular weight excluding hydrogens is 210 g/mol. The van der Waals surface area contributed by atoms with Gasteiger partial charge in [-0.15, -0.1) is 0 Å². The highest BCUT2D eigenvalue weighted by molar-refractivity contribution is 5.74. The van der Waals surface area contributed by atoms with Crippen LogP contribution in [0.5, 0.6) is 0 Å². The third kappa shape index (κ3) is 2.32. The zero-order valence-corrected chi connectivity index (χ0v) is 8.95. The normalized spacial score (nSPS) is 11.9. The number of pyridine rings is 2. The predicted octanol–water partition coefficient (Wildman–Crippen LogP) is 3.22. The summed E-state index contributed by atoms with van der Waals surface area (Å²) >= 11 is 0. The Labute approximate surface area is 92.3 Å². The fourth-order valence-electron chi connectivity index (χ4n) is 1.48. The number of aromatic nitrogens is 2. The van der Waals surface area contributed by atoms with Crippen molar-refractivity contribution in [2.24, 2.45) is 0 Å². The van der Waals surface area contributed by atoms with E-state index in [2.05, 4.69) is 9.97 Å². The van der Waals surface area contributed by atoms with Crippen molar-refractivity contribution in [3.63, 3.8) is 0 Å². The molecule has 84 valence electrons. The van der Waals surface area contributed by atoms with Crippen molar-refractivity contribution < 1.29 is 8.78 Å². The van der Waals surface area contributed by atoms with Crippen molar-refractivity contribution in [2.45, 2.75) is 25.7 Å². The first-order valence-electron chi connectivity index (χ1n) is 5.19. The quantitative estimate of drug-likeness (QED) is 0.796. The monoisotopic (exact) mass is 222 g/mol. The van der Waals surface area contributed by atoms with E-state index in [0.29, 0.717) is 11.3 Å². The smallest absolute Gasteiger partial charge is 0.237 e. The first-order chi connectivity index (χ1) is 7.61. The molecule has 0 aliphatic heterocycles. The van der Waals surface area contributed by atoms with Crippen LogP contribution in [0.1, 0.15) is 19.0 Å². The van der Waals surface area contributed by atoms with Crippen LogP contribution in [0.3, 0.4) is 0 Å². The van der Waals surface area contributed by atoms with E-state index in [1.165, 1.54) is 6.92 Å². The first kappa shape index (κ1) is 10.9. The van der Waals surface area contributed by atoms with E-state index in [9.17, 15) is 8.78 Å². The Morgan fingerprint density at radius 3 is 2.81 bits per heavy atom. The largest absolute Gasteiger partial charge is 0.253 e. The van der Waals surface area contributed by atoms with E-state index >= 15 is 0 Å². The Balaban J connectivity index is 2.33. The van der Waals surface area contributed by atoms with E-state index < -0.39 is 5.92 Å². The van der Waals surface area contributed by atoms with Crippen LogP contribution in [0, 0.1) is 0 Å². The van der Waals surface area contributed by atoms with Crippen LogP contribution in [0.15, 0.2) is 30.5 Å². The molecule has 0 N–H and O–H groups in total. The standard InChI is InChI=1S/C12H12F2N2/c1-2-12(13,14)8-10-6-5-9-4-3-7-15-11(9)16-10/h3-7H,2,8H2,1H3. The Kier molecular flexibility index (Phi) is 2.81. The second-order valence-electron chi connectivity index (χ2n) is 3.74. The summed E-state index contributed by atoms with van der Waals surface area (Å²) in [5, 5.41) is 0.867. The maximum absolute atomic E-state index is 13.2. The summed E-state index contributed by atoms with van der Waals surface area (Å²) in [6.45, 7) is 1.47. The van der Waals surface area contributed by atoms with E-state index in [1.54, 1.807) is 24.4 Å². The van der Waals surface area contributed by atoms with E-state index in [-0.39, 0.29) is 12.8 Å². The Bertz CT molecular complexity index is 497. The van der Waals surface area contributed by atoms with Crippen molar-refractivity contribution in [3.8, 4) is 0 Å². The fraction of sp³-hybridized carbons (Fsp3) is 0.333. The summed E-state index contributed by atoms with van der Waals surface area (Å²) in [5.74, 6) is -2.69. The van der Waals surface area contributed by atoms with Gasteiger partial charge in [0.1, 0.15) is 0 Å². The molecule has 2 rings (SSSR count). The van der Waals surface area contributed by atoms with Crippen LogP contribution >= 0.6 is 0 Å². The molecule has 16 heavy (non-hydrogen) atoms. The van der Waals surface area contributed by atoms with Gasteiger partial charge in [-0.2, -0.15) is 0 Å². The highest BCUT2D eigenvalue weighted by Crippen LogP contribution is 2.23. The second kappa shape index (κ2) is 4.12. The number of alkyl halides is 2. The molecular formula is C12H12F2N2. The van der Waals surface area contributed by atoms with Crippen LogP contribution in [-0.2, 0) is 6.42 Å². The van der Waals surface area contributed by atoms with Gasteiger partial charge in [0, 0.05) is 23.7 Å². The Hall–Kier alpha value is -1.58. The van der Waals surface area contributed by atoms with Gasteiger partial charge in [-0.05, 0) is 24.3 Å². The van der Waals surface area contributed by atoms with Gasteiger partial charge < -0.3 is 0 Å². The van der Waals surface area contributed by atoms with Crippen molar-refractivity contribution >= 4 is 11.0 Å². The van der Waals surface area contributed by atoms with Gasteiger partial charge in [0.05, 0.1) is 6.42 Å². The number of hydrogen-bond donors (Lipinski definition) is 0. The van der Waals surface area contributed by atoms with Gasteiger partial charge in [-0.25, -0.2) is 18.7 Å². The van der Waals surface area contributed by atoms with Crippen LogP contribution in [0.4, 0.5) is 8.78 Å². The molecule has 0 atom stereocenters. The van der Waals surface area contributed by atoms with E-state index in [1.807, 2.05) is 6.07 Å². The highest BCUT2D eigenvalue weighted by Gasteiger charge is 2.27. The fourth-order valence-corrected chi connectivity index (χ4v) is 1.48. The lowest BCUT2D eigenvalue weighted by Crippen LogP contribution is -2.18. The lowest BCUT2D eigenvalue weighted by Gasteiger charge is -2.13. The third-order valence-electron chi connectivity index (χ3n) is 2.48. The average molecular weight is 222 g/mol. The zero-order chi connectivity index (χ0) is 11.6. The van der Waals surface area contributed by atoms with Gasteiger partial charge in [0.2, 0.25) is 0 Å². The topological polar surface area (TPSA) is 25.8 Å². The molecule has 0 aliphatic carbocycles. The first-order valence-corrected chi connectivity index (χ1v) is 5.19. The van der Waals surface area contributed by atoms with Crippen LogP contribution in [-0.4, -0.2) is 15.9 Å². The molecule has 0 fully saturated rings. The SMILES string of the molecule is CCC(F)(F)Cc1ccc2cccnc2n1. The Morgan fingerprint density at radius 2 is 2.06 bits per heavy atom. The average Bonchev–Trinajstić information content (AvgIpc) is 2.28. The molecule has 0 saturated carbocycles. The molecule has 2 heterocycles. The summed E-state index contributed by atoms with van der Waals surface area (Å²) in [6, 6.07) is 7.06. The maximum atomic E-state index is 13.2. The van der Waals surface area contributed by atoms with Crippen LogP contribution < -0.4 is 0 Å². The number of rotatable bonds is 3. The van der Waals surface area contributed by atoms with Gasteiger partial charge in [-0.3, -0.25) is 0 Å². The molecule has 2 aromatic rings. The summed E-state index contributed by atoms with van der Waals surface area (Å²) in [4.78, 5) is 8.16. The molecule has 4 heteroatoms. The predicted molar refractivity (Wildman–Crippen MR) is 58.5 cm³/mol. The molecule has 0 spiro atoms. The van der Waals surface area contributed by atoms with E-state index in [4.69, 9.17) is 0 Å². The summed E-state index contributed by atoms with van der Waals surface area (Å²) in [5.41, 5.74) is 0.907. The number of halogens is 2. The van der Waals surface area contributed by atoms with Crippen LogP contribution in [0.25, 0.3) is 11.0 Å². The molecule has 2 nitrogen and oxygen atoms in total. The molecule has 0 unspecified atom stereocenters. The molecule has 0 aliphatic rings. The lowest BCUT2D eigenvalue weighted by molar-refractivity contribution is -0.00303. The van der Waals surface area contributed by atoms with Crippen molar-refractivity contribution in [3.05, 3.63) is 36.2 Å². The van der Waals surface area contributed by atoms with Gasteiger partial charge in [0.25, 0.3) is 5.92 Å². The summed E-state index contributed by atoms with van der Waals surface area (Å²) in [7, 11) is 0.